The second-order valence-electron chi connectivity index (χ2n) is 25.9. The van der Waals surface area contributed by atoms with Gasteiger partial charge in [-0.3, -0.25) is 48.2 Å². The van der Waals surface area contributed by atoms with E-state index >= 15 is 0 Å². The molecule has 0 bridgehead atoms. The van der Waals surface area contributed by atoms with Crippen molar-refractivity contribution in [3.05, 3.63) is 101 Å². The monoisotopic (exact) mass is 1500 g/mol. The molecule has 0 saturated heterocycles. The lowest BCUT2D eigenvalue weighted by molar-refractivity contribution is -0.137. The molecule has 0 fully saturated rings. The van der Waals surface area contributed by atoms with Crippen molar-refractivity contribution in [1.29, 1.82) is 0 Å². The SMILES string of the molecule is COc1cc2c(cc1OCCCCCOc1cc3c(cc1OC)C(=O)N1C=C(C)C[C@H]1[C@H](O)N3C(=O)OCc1ccc(NC(=O)[C@H](C)NC(=O)[C@@H](NC(=O)CCOCCOCCOCCOCCOCCOCCOCCOCCNC(=O)CCN3C(=O)C=CC3=O)C(C)C)cc1)N=CC1CC(C)=CN1C2=O. The van der Waals surface area contributed by atoms with Crippen LogP contribution in [0.15, 0.2) is 89.2 Å². The number of ether oxygens (including phenoxy) is 13. The average Bonchev–Trinajstić information content (AvgIpc) is 1.63. The summed E-state index contributed by atoms with van der Waals surface area (Å²) in [6.45, 7) is 15.0. The largest absolute Gasteiger partial charge is 0.493 e. The lowest BCUT2D eigenvalue weighted by Gasteiger charge is -2.31. The van der Waals surface area contributed by atoms with Gasteiger partial charge in [0.25, 0.3) is 23.6 Å². The number of imide groups is 1. The first kappa shape index (κ1) is 83.3. The van der Waals surface area contributed by atoms with Crippen LogP contribution in [0.5, 0.6) is 23.0 Å². The molecule has 32 nitrogen and oxygen atoms in total. The van der Waals surface area contributed by atoms with E-state index in [0.29, 0.717) is 159 Å². The number of aliphatic imine (C=N–C) groups is 1. The Morgan fingerprint density at radius 3 is 1.66 bits per heavy atom. The minimum absolute atomic E-state index is 0.0148. The highest BCUT2D eigenvalue weighted by Gasteiger charge is 2.45. The van der Waals surface area contributed by atoms with Gasteiger partial charge in [0, 0.05) is 74.5 Å². The Hall–Kier alpha value is -9.38. The van der Waals surface area contributed by atoms with Gasteiger partial charge in [0.15, 0.2) is 29.2 Å². The number of nitrogens with zero attached hydrogens (tertiary/aromatic N) is 5. The molecule has 5 atom stereocenters. The maximum atomic E-state index is 14.3. The fraction of sp³-hybridized carbons (Fsp3) is 0.547. The number of aliphatic hydroxyl groups excluding tert-OH is 1. The summed E-state index contributed by atoms with van der Waals surface area (Å²) in [5.41, 5.74) is 3.91. The smallest absolute Gasteiger partial charge is 0.416 e. The third kappa shape index (κ3) is 25.4. The molecule has 8 rings (SSSR count). The summed E-state index contributed by atoms with van der Waals surface area (Å²) < 4.78 is 73.6. The number of unbranched alkanes of at least 4 members (excludes halogenated alkanes) is 2. The van der Waals surface area contributed by atoms with Crippen LogP contribution >= 0.6 is 0 Å². The molecule has 9 amide bonds. The van der Waals surface area contributed by atoms with Gasteiger partial charge in [0.05, 0.1) is 168 Å². The van der Waals surface area contributed by atoms with E-state index in [0.717, 1.165) is 27.4 Å². The Morgan fingerprint density at radius 1 is 0.570 bits per heavy atom. The predicted molar refractivity (Wildman–Crippen MR) is 388 cm³/mol. The standard InChI is InChI=1S/C75H101N9O23/c1-49(2)69(80-66(86)18-23-97-25-27-99-29-31-101-33-35-103-37-38-104-36-34-102-32-30-100-28-26-98-24-19-76-65(85)17-20-81-67(87)15-16-68(81)88)71(90)78-52(5)70(89)79-54-13-11-53(12-14-54)48-107-75(94)84-59-44-64(62(96-7)42-57(59)73(92)83-47-51(4)40-60(83)74(84)93)106-22-10-8-9-21-105-63-43-58-56(41-61(63)95-6)72(91)82-46-50(3)39-55(82)45-77-58/h11-16,41-47,49,52,55,60,69,74,93H,8-10,17-40,48H2,1-7H3,(H,76,85)(H,78,90)(H,79,89)(H,80,86)/t52-,55?,60-,69-,74-/m0/s1. The van der Waals surface area contributed by atoms with Gasteiger partial charge in [0.2, 0.25) is 23.6 Å². The zero-order valence-corrected chi connectivity index (χ0v) is 61.9. The van der Waals surface area contributed by atoms with E-state index in [1.165, 1.54) is 50.3 Å². The van der Waals surface area contributed by atoms with Gasteiger partial charge in [-0.15, -0.1) is 0 Å². The molecule has 1 unspecified atom stereocenters. The lowest BCUT2D eigenvalue weighted by Crippen LogP contribution is -2.53. The minimum atomic E-state index is -1.53. The van der Waals surface area contributed by atoms with E-state index in [2.05, 4.69) is 26.3 Å². The van der Waals surface area contributed by atoms with Gasteiger partial charge in [-0.05, 0) is 88.6 Å². The van der Waals surface area contributed by atoms with Gasteiger partial charge in [-0.2, -0.15) is 0 Å². The van der Waals surface area contributed by atoms with Crippen molar-refractivity contribution in [2.75, 3.05) is 156 Å². The second-order valence-corrected chi connectivity index (χ2v) is 25.9. The van der Waals surface area contributed by atoms with Crippen LogP contribution in [0.25, 0.3) is 0 Å². The molecule has 584 valence electrons. The zero-order valence-electron chi connectivity index (χ0n) is 61.9. The number of anilines is 2. The highest BCUT2D eigenvalue weighted by Crippen LogP contribution is 2.43. The van der Waals surface area contributed by atoms with Crippen LogP contribution in [0, 0.1) is 5.92 Å². The van der Waals surface area contributed by atoms with E-state index in [1.807, 2.05) is 20.0 Å². The number of carbonyl (C=O) groups excluding carboxylic acids is 9. The van der Waals surface area contributed by atoms with E-state index in [9.17, 15) is 48.3 Å². The summed E-state index contributed by atoms with van der Waals surface area (Å²) in [6, 6.07) is 9.93. The number of nitrogens with one attached hydrogen (secondary N) is 4. The number of aliphatic hydroxyl groups is 1. The maximum Gasteiger partial charge on any atom is 0.416 e. The van der Waals surface area contributed by atoms with E-state index in [-0.39, 0.29) is 98.9 Å². The molecular formula is C75H101N9O23. The van der Waals surface area contributed by atoms with Crippen molar-refractivity contribution in [3.63, 3.8) is 0 Å². The van der Waals surface area contributed by atoms with Crippen LogP contribution in [0.1, 0.15) is 106 Å². The van der Waals surface area contributed by atoms with Gasteiger partial charge in [0.1, 0.15) is 18.7 Å². The second kappa shape index (κ2) is 43.4. The number of amides is 9. The number of hydrogen-bond acceptors (Lipinski definition) is 24. The minimum Gasteiger partial charge on any atom is -0.493 e. The van der Waals surface area contributed by atoms with E-state index < -0.39 is 65.9 Å². The van der Waals surface area contributed by atoms with Gasteiger partial charge < -0.3 is 97.8 Å². The molecule has 5 N–H and O–H groups in total. The fourth-order valence-electron chi connectivity index (χ4n) is 11.7. The van der Waals surface area contributed by atoms with Gasteiger partial charge in [-0.25, -0.2) is 9.69 Å². The summed E-state index contributed by atoms with van der Waals surface area (Å²) >= 11 is 0. The Labute approximate surface area is 622 Å². The predicted octanol–water partition coefficient (Wildman–Crippen LogP) is 5.30. The highest BCUT2D eigenvalue weighted by atomic mass is 16.6. The lowest BCUT2D eigenvalue weighted by atomic mass is 10.0. The van der Waals surface area contributed by atoms with E-state index in [4.69, 9.17) is 61.6 Å². The molecule has 5 aliphatic rings. The van der Waals surface area contributed by atoms with Gasteiger partial charge in [-0.1, -0.05) is 37.1 Å². The first-order valence-corrected chi connectivity index (χ1v) is 36.0. The van der Waals surface area contributed by atoms with Gasteiger partial charge >= 0.3 is 6.09 Å². The van der Waals surface area contributed by atoms with E-state index in [1.54, 1.807) is 67.6 Å². The summed E-state index contributed by atoms with van der Waals surface area (Å²) in [4.78, 5) is 126. The van der Waals surface area contributed by atoms with Crippen molar-refractivity contribution in [2.45, 2.75) is 117 Å². The third-order valence-corrected chi connectivity index (χ3v) is 17.5. The van der Waals surface area contributed by atoms with Crippen LogP contribution in [-0.4, -0.2) is 256 Å². The summed E-state index contributed by atoms with van der Waals surface area (Å²) in [5, 5.41) is 22.8. The molecule has 107 heavy (non-hydrogen) atoms. The number of fused-ring (bicyclic) bond motifs is 4. The molecule has 32 heteroatoms. The normalized spacial score (nSPS) is 17.0. The van der Waals surface area contributed by atoms with Crippen molar-refractivity contribution < 1.29 is 110 Å². The maximum absolute atomic E-state index is 14.3. The molecule has 5 heterocycles. The Balaban J connectivity index is 0.649. The zero-order chi connectivity index (χ0) is 76.6. The average molecular weight is 1500 g/mol. The van der Waals surface area contributed by atoms with Crippen LogP contribution in [-0.2, 0) is 78.0 Å². The van der Waals surface area contributed by atoms with Crippen molar-refractivity contribution in [1.82, 2.24) is 30.7 Å². The molecule has 5 aliphatic heterocycles. The summed E-state index contributed by atoms with van der Waals surface area (Å²) in [5.74, 6) is -2.18. The number of rotatable bonds is 48. The quantitative estimate of drug-likeness (QED) is 0.0354. The van der Waals surface area contributed by atoms with Crippen molar-refractivity contribution in [3.8, 4) is 23.0 Å². The Bertz CT molecular complexity index is 3620. The topological polar surface area (TPSA) is 367 Å². The van der Waals surface area contributed by atoms with Crippen LogP contribution in [0.2, 0.25) is 0 Å². The molecule has 0 radical (unpaired) electrons. The van der Waals surface area contributed by atoms with Crippen LogP contribution in [0.4, 0.5) is 21.9 Å². The molecule has 3 aromatic carbocycles. The fourth-order valence-corrected chi connectivity index (χ4v) is 11.7. The highest BCUT2D eigenvalue weighted by molar-refractivity contribution is 6.13. The number of benzene rings is 3. The number of carbonyl (C=O) groups is 9. The first-order chi connectivity index (χ1) is 51.7. The Kier molecular flexibility index (Phi) is 33.8. The Morgan fingerprint density at radius 2 is 1.09 bits per heavy atom. The molecule has 0 spiro atoms. The summed E-state index contributed by atoms with van der Waals surface area (Å²) in [6.07, 6.45) is 8.15. The third-order valence-electron chi connectivity index (χ3n) is 17.5. The van der Waals surface area contributed by atoms with Crippen LogP contribution in [0.3, 0.4) is 0 Å². The molecular weight excluding hydrogens is 1390 g/mol. The molecule has 3 aromatic rings. The number of hydrogen-bond donors (Lipinski definition) is 5. The first-order valence-electron chi connectivity index (χ1n) is 36.0. The van der Waals surface area contributed by atoms with Crippen LogP contribution < -0.4 is 45.1 Å². The summed E-state index contributed by atoms with van der Waals surface area (Å²) in [7, 11) is 2.96. The molecule has 0 saturated carbocycles. The molecule has 0 aromatic heterocycles. The van der Waals surface area contributed by atoms with Crippen molar-refractivity contribution in [2.24, 2.45) is 10.9 Å². The van der Waals surface area contributed by atoms with Crippen molar-refractivity contribution >= 4 is 76.6 Å². The number of methoxy groups -OCH3 is 2. The molecule has 0 aliphatic carbocycles.